The molecule has 1 saturated heterocycles. The first-order chi connectivity index (χ1) is 15.1. The lowest BCUT2D eigenvalue weighted by molar-refractivity contribution is -0.205. The molecule has 0 aromatic heterocycles. The van der Waals surface area contributed by atoms with E-state index in [4.69, 9.17) is 18.9 Å². The average Bonchev–Trinajstić information content (AvgIpc) is 2.78. The quantitative estimate of drug-likeness (QED) is 0.272. The van der Waals surface area contributed by atoms with E-state index in [0.29, 0.717) is 43.5 Å². The number of ether oxygens (including phenoxy) is 4. The van der Waals surface area contributed by atoms with Crippen molar-refractivity contribution in [2.75, 3.05) is 26.4 Å². The number of allylic oxidation sites excluding steroid dienone is 1. The normalized spacial score (nSPS) is 25.5. The second kappa shape index (κ2) is 9.96. The molecule has 1 aliphatic carbocycles. The van der Waals surface area contributed by atoms with Gasteiger partial charge in [0, 0.05) is 11.0 Å². The SMILES string of the molecule is CC1CC(C2OCC(C)(C)CO2)=CCC1(C)C(=O)OCCOC(=O)c1ccc(C=O)cc1. The number of benzene rings is 1. The van der Waals surface area contributed by atoms with Gasteiger partial charge in [-0.05, 0) is 43.4 Å². The van der Waals surface area contributed by atoms with E-state index in [1.165, 1.54) is 12.1 Å². The van der Waals surface area contributed by atoms with Crippen molar-refractivity contribution in [1.82, 2.24) is 0 Å². The number of esters is 2. The van der Waals surface area contributed by atoms with Crippen LogP contribution in [0, 0.1) is 16.7 Å². The highest BCUT2D eigenvalue weighted by atomic mass is 16.7. The summed E-state index contributed by atoms with van der Waals surface area (Å²) < 4.78 is 22.4. The molecule has 7 nitrogen and oxygen atoms in total. The number of hydrogen-bond acceptors (Lipinski definition) is 7. The van der Waals surface area contributed by atoms with Gasteiger partial charge in [-0.25, -0.2) is 4.79 Å². The van der Waals surface area contributed by atoms with Crippen LogP contribution in [0.25, 0.3) is 0 Å². The third kappa shape index (κ3) is 5.64. The minimum absolute atomic E-state index is 0.0120. The molecule has 0 N–H and O–H groups in total. The van der Waals surface area contributed by atoms with Gasteiger partial charge < -0.3 is 18.9 Å². The van der Waals surface area contributed by atoms with Crippen LogP contribution in [0.3, 0.4) is 0 Å². The van der Waals surface area contributed by atoms with Gasteiger partial charge >= 0.3 is 11.9 Å². The minimum Gasteiger partial charge on any atom is -0.462 e. The Morgan fingerprint density at radius 2 is 1.69 bits per heavy atom. The van der Waals surface area contributed by atoms with Crippen molar-refractivity contribution in [2.24, 2.45) is 16.7 Å². The molecule has 2 aliphatic rings. The van der Waals surface area contributed by atoms with Crippen LogP contribution in [0.1, 0.15) is 61.3 Å². The molecular weight excluding hydrogens is 412 g/mol. The Morgan fingerprint density at radius 3 is 2.28 bits per heavy atom. The van der Waals surface area contributed by atoms with E-state index >= 15 is 0 Å². The van der Waals surface area contributed by atoms with Crippen LogP contribution in [-0.2, 0) is 23.7 Å². The van der Waals surface area contributed by atoms with E-state index in [0.717, 1.165) is 5.57 Å². The highest BCUT2D eigenvalue weighted by Crippen LogP contribution is 2.43. The molecule has 0 saturated carbocycles. The van der Waals surface area contributed by atoms with Gasteiger partial charge in [-0.2, -0.15) is 0 Å². The molecule has 1 aromatic carbocycles. The monoisotopic (exact) mass is 444 g/mol. The fourth-order valence-corrected chi connectivity index (χ4v) is 3.80. The number of carbonyl (C=O) groups excluding carboxylic acids is 3. The summed E-state index contributed by atoms with van der Waals surface area (Å²) in [6, 6.07) is 6.13. The third-order valence-electron chi connectivity index (χ3n) is 6.27. The molecular formula is C25H32O7. The molecule has 32 heavy (non-hydrogen) atoms. The largest absolute Gasteiger partial charge is 0.462 e. The lowest BCUT2D eigenvalue weighted by Crippen LogP contribution is -2.43. The molecule has 0 spiro atoms. The molecule has 0 amide bonds. The van der Waals surface area contributed by atoms with E-state index in [1.54, 1.807) is 12.1 Å². The Morgan fingerprint density at radius 1 is 1.06 bits per heavy atom. The molecule has 3 rings (SSSR count). The van der Waals surface area contributed by atoms with E-state index in [9.17, 15) is 14.4 Å². The van der Waals surface area contributed by atoms with Crippen LogP contribution in [0.2, 0.25) is 0 Å². The Bertz CT molecular complexity index is 861. The van der Waals surface area contributed by atoms with Crippen LogP contribution < -0.4 is 0 Å². The molecule has 0 bridgehead atoms. The third-order valence-corrected chi connectivity index (χ3v) is 6.27. The smallest absolute Gasteiger partial charge is 0.338 e. The van der Waals surface area contributed by atoms with E-state index < -0.39 is 11.4 Å². The lowest BCUT2D eigenvalue weighted by atomic mass is 9.69. The highest BCUT2D eigenvalue weighted by Gasteiger charge is 2.44. The van der Waals surface area contributed by atoms with Crippen molar-refractivity contribution in [3.63, 3.8) is 0 Å². The molecule has 1 heterocycles. The molecule has 1 aromatic rings. The topological polar surface area (TPSA) is 88.1 Å². The predicted octanol–water partition coefficient (Wildman–Crippen LogP) is 3.96. The van der Waals surface area contributed by atoms with Gasteiger partial charge in [0.2, 0.25) is 0 Å². The van der Waals surface area contributed by atoms with Crippen molar-refractivity contribution in [3.05, 3.63) is 47.0 Å². The summed E-state index contributed by atoms with van der Waals surface area (Å²) in [7, 11) is 0. The number of aldehydes is 1. The van der Waals surface area contributed by atoms with Crippen LogP contribution in [0.5, 0.6) is 0 Å². The zero-order valence-corrected chi connectivity index (χ0v) is 19.2. The fraction of sp³-hybridized carbons (Fsp3) is 0.560. The number of carbonyl (C=O) groups is 3. The van der Waals surface area contributed by atoms with Gasteiger partial charge in [-0.15, -0.1) is 0 Å². The molecule has 1 aliphatic heterocycles. The van der Waals surface area contributed by atoms with Gasteiger partial charge in [-0.3, -0.25) is 9.59 Å². The zero-order valence-electron chi connectivity index (χ0n) is 19.2. The van der Waals surface area contributed by atoms with Gasteiger partial charge in [0.1, 0.15) is 19.5 Å². The standard InChI is InChI=1S/C25H32O7/c1-17-13-20(22-31-15-24(2,3)16-32-22)9-10-25(17,4)23(28)30-12-11-29-21(27)19-7-5-18(14-26)6-8-19/h5-9,14,17,22H,10-13,15-16H2,1-4H3. The average molecular weight is 445 g/mol. The maximum atomic E-state index is 12.8. The summed E-state index contributed by atoms with van der Waals surface area (Å²) in [6.45, 7) is 9.38. The highest BCUT2D eigenvalue weighted by molar-refractivity contribution is 5.90. The summed E-state index contributed by atoms with van der Waals surface area (Å²) in [5, 5.41) is 0. The first-order valence-electron chi connectivity index (χ1n) is 11.0. The summed E-state index contributed by atoms with van der Waals surface area (Å²) in [5.41, 5.74) is 1.24. The number of hydrogen-bond donors (Lipinski definition) is 0. The molecule has 1 fully saturated rings. The second-order valence-corrected chi connectivity index (χ2v) is 9.64. The van der Waals surface area contributed by atoms with Crippen molar-refractivity contribution in [2.45, 2.75) is 46.8 Å². The van der Waals surface area contributed by atoms with Crippen molar-refractivity contribution in [1.29, 1.82) is 0 Å². The molecule has 0 radical (unpaired) electrons. The maximum Gasteiger partial charge on any atom is 0.338 e. The van der Waals surface area contributed by atoms with Crippen LogP contribution in [0.15, 0.2) is 35.9 Å². The summed E-state index contributed by atoms with van der Waals surface area (Å²) >= 11 is 0. The Balaban J connectivity index is 1.46. The molecule has 2 unspecified atom stereocenters. The summed E-state index contributed by atoms with van der Waals surface area (Å²) in [6.07, 6.45) is 3.63. The molecule has 174 valence electrons. The van der Waals surface area contributed by atoms with Crippen LogP contribution in [0.4, 0.5) is 0 Å². The first-order valence-corrected chi connectivity index (χ1v) is 11.0. The van der Waals surface area contributed by atoms with E-state index in [-0.39, 0.29) is 36.8 Å². The van der Waals surface area contributed by atoms with Gasteiger partial charge in [-0.1, -0.05) is 39.0 Å². The zero-order chi connectivity index (χ0) is 23.4. The molecule has 7 heteroatoms. The van der Waals surface area contributed by atoms with Gasteiger partial charge in [0.25, 0.3) is 0 Å². The van der Waals surface area contributed by atoms with Crippen molar-refractivity contribution >= 4 is 18.2 Å². The van der Waals surface area contributed by atoms with E-state index in [1.807, 2.05) is 19.9 Å². The Kier molecular flexibility index (Phi) is 7.51. The van der Waals surface area contributed by atoms with E-state index in [2.05, 4.69) is 13.8 Å². The molecule has 2 atom stereocenters. The first kappa shape index (κ1) is 24.1. The Hall–Kier alpha value is -2.51. The summed E-state index contributed by atoms with van der Waals surface area (Å²) in [5.74, 6) is -0.784. The minimum atomic E-state index is -0.661. The fourth-order valence-electron chi connectivity index (χ4n) is 3.80. The van der Waals surface area contributed by atoms with Crippen LogP contribution in [-0.4, -0.2) is 50.9 Å². The number of rotatable bonds is 7. The Labute approximate surface area is 189 Å². The maximum absolute atomic E-state index is 12.8. The second-order valence-electron chi connectivity index (χ2n) is 9.64. The predicted molar refractivity (Wildman–Crippen MR) is 117 cm³/mol. The van der Waals surface area contributed by atoms with Gasteiger partial charge in [0.15, 0.2) is 6.29 Å². The lowest BCUT2D eigenvalue weighted by Gasteiger charge is -2.41. The van der Waals surface area contributed by atoms with Crippen LogP contribution >= 0.6 is 0 Å². The van der Waals surface area contributed by atoms with Crippen molar-refractivity contribution in [3.8, 4) is 0 Å². The van der Waals surface area contributed by atoms with Crippen molar-refractivity contribution < 1.29 is 33.3 Å². The summed E-state index contributed by atoms with van der Waals surface area (Å²) in [4.78, 5) is 35.5. The van der Waals surface area contributed by atoms with Gasteiger partial charge in [0.05, 0.1) is 24.2 Å².